The molecule has 3 rings (SSSR count). The van der Waals surface area contributed by atoms with Crippen molar-refractivity contribution in [3.05, 3.63) is 64.2 Å². The van der Waals surface area contributed by atoms with Crippen molar-refractivity contribution in [3.63, 3.8) is 0 Å². The Labute approximate surface area is 130 Å². The van der Waals surface area contributed by atoms with E-state index in [1.807, 2.05) is 17.5 Å². The molecule has 0 aliphatic carbocycles. The van der Waals surface area contributed by atoms with Crippen LogP contribution in [0, 0.1) is 0 Å². The zero-order valence-corrected chi connectivity index (χ0v) is 12.4. The van der Waals surface area contributed by atoms with E-state index in [0.29, 0.717) is 13.1 Å². The first kappa shape index (κ1) is 14.3. The zero-order chi connectivity index (χ0) is 15.4. The van der Waals surface area contributed by atoms with Crippen LogP contribution in [0.1, 0.15) is 10.6 Å². The predicted octanol–water partition coefficient (Wildman–Crippen LogP) is 1.99. The van der Waals surface area contributed by atoms with Crippen molar-refractivity contribution in [1.29, 1.82) is 0 Å². The molecule has 0 aliphatic heterocycles. The van der Waals surface area contributed by atoms with E-state index in [9.17, 15) is 9.59 Å². The summed E-state index contributed by atoms with van der Waals surface area (Å²) in [5.74, 6) is -0.0693. The van der Waals surface area contributed by atoms with Gasteiger partial charge in [0.2, 0.25) is 0 Å². The number of rotatable bonds is 5. The van der Waals surface area contributed by atoms with Crippen LogP contribution in [-0.2, 0) is 6.54 Å². The van der Waals surface area contributed by atoms with Gasteiger partial charge in [-0.2, -0.15) is 5.10 Å². The number of nitrogens with zero attached hydrogens (tertiary/aromatic N) is 2. The van der Waals surface area contributed by atoms with E-state index in [1.54, 1.807) is 29.5 Å². The number of hydrogen-bond donors (Lipinski definition) is 1. The molecule has 0 fully saturated rings. The molecule has 6 nitrogen and oxygen atoms in total. The highest BCUT2D eigenvalue weighted by molar-refractivity contribution is 7.13. The van der Waals surface area contributed by atoms with Gasteiger partial charge in [0.05, 0.1) is 17.7 Å². The molecule has 0 saturated heterocycles. The highest BCUT2D eigenvalue weighted by Gasteiger charge is 2.08. The van der Waals surface area contributed by atoms with Crippen LogP contribution in [0.25, 0.3) is 10.6 Å². The van der Waals surface area contributed by atoms with Crippen LogP contribution in [0.15, 0.2) is 57.3 Å². The summed E-state index contributed by atoms with van der Waals surface area (Å²) in [6.07, 6.45) is 1.44. The second-order valence-electron chi connectivity index (χ2n) is 4.49. The lowest BCUT2D eigenvalue weighted by atomic mass is 10.3. The first-order valence-corrected chi connectivity index (χ1v) is 7.56. The second-order valence-corrected chi connectivity index (χ2v) is 5.44. The van der Waals surface area contributed by atoms with Crippen LogP contribution in [-0.4, -0.2) is 22.2 Å². The third-order valence-corrected chi connectivity index (χ3v) is 3.89. The van der Waals surface area contributed by atoms with E-state index in [1.165, 1.54) is 17.0 Å². The summed E-state index contributed by atoms with van der Waals surface area (Å²) in [5.41, 5.74) is 0.541. The molecule has 3 aromatic heterocycles. The quantitative estimate of drug-likeness (QED) is 0.781. The molecular weight excluding hydrogens is 302 g/mol. The van der Waals surface area contributed by atoms with Crippen molar-refractivity contribution in [1.82, 2.24) is 15.1 Å². The molecule has 22 heavy (non-hydrogen) atoms. The maximum atomic E-state index is 11.8. The van der Waals surface area contributed by atoms with Gasteiger partial charge < -0.3 is 9.73 Å². The Balaban J connectivity index is 1.66. The van der Waals surface area contributed by atoms with Crippen LogP contribution in [0.2, 0.25) is 0 Å². The van der Waals surface area contributed by atoms with E-state index >= 15 is 0 Å². The largest absolute Gasteiger partial charge is 0.459 e. The summed E-state index contributed by atoms with van der Waals surface area (Å²) in [7, 11) is 0. The fraction of sp³-hybridized carbons (Fsp3) is 0.133. The number of amides is 1. The van der Waals surface area contributed by atoms with Gasteiger partial charge in [0, 0.05) is 12.6 Å². The fourth-order valence-corrected chi connectivity index (χ4v) is 2.63. The van der Waals surface area contributed by atoms with Gasteiger partial charge in [-0.1, -0.05) is 6.07 Å². The minimum atomic E-state index is -0.313. The number of aromatic nitrogens is 2. The first-order valence-electron chi connectivity index (χ1n) is 6.68. The van der Waals surface area contributed by atoms with Gasteiger partial charge in [0.25, 0.3) is 11.5 Å². The number of furan rings is 1. The smallest absolute Gasteiger partial charge is 0.287 e. The molecule has 0 spiro atoms. The molecule has 0 aliphatic rings. The van der Waals surface area contributed by atoms with Crippen LogP contribution in [0.5, 0.6) is 0 Å². The maximum absolute atomic E-state index is 11.8. The van der Waals surface area contributed by atoms with Crippen LogP contribution >= 0.6 is 11.3 Å². The van der Waals surface area contributed by atoms with E-state index in [0.717, 1.165) is 10.6 Å². The van der Waals surface area contributed by atoms with Crippen LogP contribution in [0.3, 0.4) is 0 Å². The highest BCUT2D eigenvalue weighted by atomic mass is 32.1. The van der Waals surface area contributed by atoms with E-state index < -0.39 is 0 Å². The molecule has 3 aromatic rings. The first-order chi connectivity index (χ1) is 10.7. The average Bonchev–Trinajstić information content (AvgIpc) is 3.22. The van der Waals surface area contributed by atoms with Gasteiger partial charge in [0.15, 0.2) is 5.76 Å². The Kier molecular flexibility index (Phi) is 4.15. The lowest BCUT2D eigenvalue weighted by molar-refractivity contribution is 0.0924. The third kappa shape index (κ3) is 3.15. The Morgan fingerprint density at radius 1 is 1.27 bits per heavy atom. The Morgan fingerprint density at radius 2 is 2.18 bits per heavy atom. The standard InChI is InChI=1S/C15H13N3O3S/c19-14-6-5-11(13-4-2-10-22-13)17-18(14)8-7-16-15(20)12-3-1-9-21-12/h1-6,9-10H,7-8H2,(H,16,20). The van der Waals surface area contributed by atoms with E-state index in [-0.39, 0.29) is 17.2 Å². The van der Waals surface area contributed by atoms with E-state index in [2.05, 4.69) is 10.4 Å². The average molecular weight is 315 g/mol. The van der Waals surface area contributed by atoms with Gasteiger partial charge in [-0.15, -0.1) is 11.3 Å². The van der Waals surface area contributed by atoms with Gasteiger partial charge in [-0.3, -0.25) is 9.59 Å². The lowest BCUT2D eigenvalue weighted by Crippen LogP contribution is -2.31. The van der Waals surface area contributed by atoms with Crippen molar-refractivity contribution >= 4 is 17.2 Å². The SMILES string of the molecule is O=C(NCCn1nc(-c2cccs2)ccc1=O)c1ccco1. The molecule has 0 radical (unpaired) electrons. The van der Waals surface area contributed by atoms with Crippen molar-refractivity contribution in [2.24, 2.45) is 0 Å². The Bertz CT molecular complexity index is 807. The molecule has 3 heterocycles. The number of hydrogen-bond acceptors (Lipinski definition) is 5. The highest BCUT2D eigenvalue weighted by Crippen LogP contribution is 2.20. The molecule has 0 bridgehead atoms. The molecule has 0 unspecified atom stereocenters. The number of thiophene rings is 1. The number of carbonyl (C=O) groups excluding carboxylic acids is 1. The number of nitrogens with one attached hydrogen (secondary N) is 1. The predicted molar refractivity (Wildman–Crippen MR) is 82.9 cm³/mol. The molecule has 7 heteroatoms. The van der Waals surface area contributed by atoms with Gasteiger partial charge in [-0.25, -0.2) is 4.68 Å². The Morgan fingerprint density at radius 3 is 2.91 bits per heavy atom. The van der Waals surface area contributed by atoms with Crippen LogP contribution in [0.4, 0.5) is 0 Å². The summed E-state index contributed by atoms with van der Waals surface area (Å²) in [6.45, 7) is 0.588. The number of carbonyl (C=O) groups is 1. The normalized spacial score (nSPS) is 10.5. The molecule has 0 aromatic carbocycles. The Hall–Kier alpha value is -2.67. The summed E-state index contributed by atoms with van der Waals surface area (Å²) in [4.78, 5) is 24.5. The molecule has 112 valence electrons. The van der Waals surface area contributed by atoms with Crippen molar-refractivity contribution in [2.75, 3.05) is 6.54 Å². The minimum absolute atomic E-state index is 0.201. The van der Waals surface area contributed by atoms with Crippen molar-refractivity contribution < 1.29 is 9.21 Å². The summed E-state index contributed by atoms with van der Waals surface area (Å²) in [5, 5.41) is 8.95. The second kappa shape index (κ2) is 6.40. The maximum Gasteiger partial charge on any atom is 0.287 e. The summed E-state index contributed by atoms with van der Waals surface area (Å²) >= 11 is 1.56. The summed E-state index contributed by atoms with van der Waals surface area (Å²) < 4.78 is 6.34. The van der Waals surface area contributed by atoms with E-state index in [4.69, 9.17) is 4.42 Å². The zero-order valence-electron chi connectivity index (χ0n) is 11.6. The molecule has 0 atom stereocenters. The van der Waals surface area contributed by atoms with Gasteiger partial charge >= 0.3 is 0 Å². The lowest BCUT2D eigenvalue weighted by Gasteiger charge is -2.07. The minimum Gasteiger partial charge on any atom is -0.459 e. The molecule has 0 saturated carbocycles. The van der Waals surface area contributed by atoms with Crippen molar-refractivity contribution in [3.8, 4) is 10.6 Å². The monoisotopic (exact) mass is 315 g/mol. The topological polar surface area (TPSA) is 77.1 Å². The molecule has 1 amide bonds. The van der Waals surface area contributed by atoms with Gasteiger partial charge in [0.1, 0.15) is 5.69 Å². The van der Waals surface area contributed by atoms with Crippen LogP contribution < -0.4 is 10.9 Å². The van der Waals surface area contributed by atoms with Crippen molar-refractivity contribution in [2.45, 2.75) is 6.54 Å². The summed E-state index contributed by atoms with van der Waals surface area (Å²) in [6, 6.07) is 10.3. The molecular formula is C15H13N3O3S. The fourth-order valence-electron chi connectivity index (χ4n) is 1.94. The molecule has 1 N–H and O–H groups in total. The third-order valence-electron chi connectivity index (χ3n) is 2.99. The van der Waals surface area contributed by atoms with Gasteiger partial charge in [-0.05, 0) is 29.6 Å².